The molecule has 0 aromatic carbocycles. The van der Waals surface area contributed by atoms with Crippen molar-refractivity contribution in [1.29, 1.82) is 0 Å². The van der Waals surface area contributed by atoms with Crippen molar-refractivity contribution in [3.63, 3.8) is 0 Å². The van der Waals surface area contributed by atoms with Gasteiger partial charge in [-0.1, -0.05) is 44.3 Å². The van der Waals surface area contributed by atoms with Crippen LogP contribution in [0.4, 0.5) is 0 Å². The van der Waals surface area contributed by atoms with Crippen molar-refractivity contribution in [2.24, 2.45) is 17.6 Å². The minimum Gasteiger partial charge on any atom is -0.324 e. The van der Waals surface area contributed by atoms with E-state index < -0.39 is 0 Å². The zero-order chi connectivity index (χ0) is 10.8. The van der Waals surface area contributed by atoms with Crippen LogP contribution < -0.4 is 5.73 Å². The molecule has 0 spiro atoms. The van der Waals surface area contributed by atoms with E-state index in [1.54, 1.807) is 11.1 Å². The molecule has 0 aromatic heterocycles. The molecular formula is C14H25N. The Kier molecular flexibility index (Phi) is 3.50. The maximum Gasteiger partial charge on any atom is 0.0287 e. The predicted molar refractivity (Wildman–Crippen MR) is 65.6 cm³/mol. The van der Waals surface area contributed by atoms with Crippen LogP contribution in [0.1, 0.15) is 58.8 Å². The van der Waals surface area contributed by atoms with Crippen molar-refractivity contribution in [1.82, 2.24) is 0 Å². The molecule has 0 aromatic rings. The SMILES string of the molecule is CC(C)C(=C1CC1)[C@@H](N)C1CCCCC1. The molecule has 1 heteroatoms. The van der Waals surface area contributed by atoms with Gasteiger partial charge in [0.05, 0.1) is 0 Å². The third-order valence-electron chi connectivity index (χ3n) is 4.05. The highest BCUT2D eigenvalue weighted by Gasteiger charge is 2.29. The average molecular weight is 207 g/mol. The summed E-state index contributed by atoms with van der Waals surface area (Å²) in [6, 6.07) is 0.378. The Labute approximate surface area is 94.1 Å². The first-order valence-electron chi connectivity index (χ1n) is 6.67. The molecule has 0 bridgehead atoms. The molecule has 2 aliphatic carbocycles. The summed E-state index contributed by atoms with van der Waals surface area (Å²) in [4.78, 5) is 0. The maximum atomic E-state index is 6.48. The van der Waals surface area contributed by atoms with E-state index in [0.717, 1.165) is 5.92 Å². The molecular weight excluding hydrogens is 182 g/mol. The van der Waals surface area contributed by atoms with Gasteiger partial charge in [0.25, 0.3) is 0 Å². The summed E-state index contributed by atoms with van der Waals surface area (Å²) in [5.41, 5.74) is 9.77. The number of allylic oxidation sites excluding steroid dienone is 1. The molecule has 0 saturated heterocycles. The fourth-order valence-electron chi connectivity index (χ4n) is 3.13. The smallest absolute Gasteiger partial charge is 0.0287 e. The minimum atomic E-state index is 0.378. The predicted octanol–water partition coefficient (Wildman–Crippen LogP) is 3.64. The fraction of sp³-hybridized carbons (Fsp3) is 0.857. The second kappa shape index (κ2) is 4.69. The first-order valence-corrected chi connectivity index (χ1v) is 6.67. The number of hydrogen-bond donors (Lipinski definition) is 1. The Balaban J connectivity index is 2.04. The van der Waals surface area contributed by atoms with Gasteiger partial charge in [0, 0.05) is 6.04 Å². The van der Waals surface area contributed by atoms with Crippen LogP contribution in [0.2, 0.25) is 0 Å². The molecule has 1 nitrogen and oxygen atoms in total. The lowest BCUT2D eigenvalue weighted by Crippen LogP contribution is -2.35. The molecule has 0 amide bonds. The molecule has 0 radical (unpaired) electrons. The van der Waals surface area contributed by atoms with E-state index in [1.807, 2.05) is 0 Å². The van der Waals surface area contributed by atoms with Gasteiger partial charge in [-0.05, 0) is 37.5 Å². The van der Waals surface area contributed by atoms with Crippen LogP contribution in [0.25, 0.3) is 0 Å². The van der Waals surface area contributed by atoms with E-state index in [1.165, 1.54) is 44.9 Å². The lowest BCUT2D eigenvalue weighted by molar-refractivity contribution is 0.316. The molecule has 1 atom stereocenters. The summed E-state index contributed by atoms with van der Waals surface area (Å²) in [5, 5.41) is 0. The van der Waals surface area contributed by atoms with Crippen molar-refractivity contribution < 1.29 is 0 Å². The van der Waals surface area contributed by atoms with Crippen LogP contribution >= 0.6 is 0 Å². The Hall–Kier alpha value is -0.300. The largest absolute Gasteiger partial charge is 0.324 e. The molecule has 86 valence electrons. The van der Waals surface area contributed by atoms with Crippen molar-refractivity contribution in [2.75, 3.05) is 0 Å². The van der Waals surface area contributed by atoms with Gasteiger partial charge in [0.2, 0.25) is 0 Å². The lowest BCUT2D eigenvalue weighted by Gasteiger charge is -2.31. The summed E-state index contributed by atoms with van der Waals surface area (Å²) >= 11 is 0. The van der Waals surface area contributed by atoms with Gasteiger partial charge in [-0.15, -0.1) is 0 Å². The van der Waals surface area contributed by atoms with Gasteiger partial charge in [-0.25, -0.2) is 0 Å². The molecule has 0 unspecified atom stereocenters. The Morgan fingerprint density at radius 1 is 1.13 bits per heavy atom. The van der Waals surface area contributed by atoms with E-state index in [4.69, 9.17) is 5.73 Å². The van der Waals surface area contributed by atoms with Gasteiger partial charge in [-0.3, -0.25) is 0 Å². The highest BCUT2D eigenvalue weighted by molar-refractivity contribution is 5.30. The second-order valence-corrected chi connectivity index (χ2v) is 5.64. The molecule has 2 saturated carbocycles. The summed E-state index contributed by atoms with van der Waals surface area (Å²) in [6.45, 7) is 4.62. The quantitative estimate of drug-likeness (QED) is 0.702. The average Bonchev–Trinajstić information content (AvgIpc) is 3.03. The first-order chi connectivity index (χ1) is 7.20. The standard InChI is InChI=1S/C14H25N/c1-10(2)13(11-8-9-11)14(15)12-6-4-3-5-7-12/h10,12,14H,3-9,15H2,1-2H3/t14-/m0/s1. The van der Waals surface area contributed by atoms with Gasteiger partial charge in [-0.2, -0.15) is 0 Å². The van der Waals surface area contributed by atoms with Crippen LogP contribution in [-0.2, 0) is 0 Å². The summed E-state index contributed by atoms with van der Waals surface area (Å²) in [6.07, 6.45) is 9.62. The molecule has 15 heavy (non-hydrogen) atoms. The Morgan fingerprint density at radius 2 is 1.73 bits per heavy atom. The van der Waals surface area contributed by atoms with Crippen LogP contribution in [0.15, 0.2) is 11.1 Å². The van der Waals surface area contributed by atoms with Crippen LogP contribution in [-0.4, -0.2) is 6.04 Å². The summed E-state index contributed by atoms with van der Waals surface area (Å²) < 4.78 is 0. The van der Waals surface area contributed by atoms with Gasteiger partial charge in [0.15, 0.2) is 0 Å². The monoisotopic (exact) mass is 207 g/mol. The highest BCUT2D eigenvalue weighted by Crippen LogP contribution is 2.39. The van der Waals surface area contributed by atoms with Gasteiger partial charge < -0.3 is 5.73 Å². The van der Waals surface area contributed by atoms with Crippen molar-refractivity contribution in [3.05, 3.63) is 11.1 Å². The van der Waals surface area contributed by atoms with Crippen LogP contribution in [0.3, 0.4) is 0 Å². The molecule has 2 fully saturated rings. The molecule has 2 N–H and O–H groups in total. The maximum absolute atomic E-state index is 6.48. The molecule has 2 rings (SSSR count). The second-order valence-electron chi connectivity index (χ2n) is 5.64. The fourth-order valence-corrected chi connectivity index (χ4v) is 3.13. The van der Waals surface area contributed by atoms with E-state index in [-0.39, 0.29) is 0 Å². The number of rotatable bonds is 3. The Bertz CT molecular complexity index is 240. The topological polar surface area (TPSA) is 26.0 Å². The molecule has 0 aliphatic heterocycles. The summed E-state index contributed by atoms with van der Waals surface area (Å²) in [5.74, 6) is 1.45. The third kappa shape index (κ3) is 2.63. The Morgan fingerprint density at radius 3 is 2.20 bits per heavy atom. The van der Waals surface area contributed by atoms with E-state index in [9.17, 15) is 0 Å². The van der Waals surface area contributed by atoms with Gasteiger partial charge >= 0.3 is 0 Å². The first kappa shape index (κ1) is 11.2. The normalized spacial score (nSPS) is 24.4. The van der Waals surface area contributed by atoms with Crippen LogP contribution in [0, 0.1) is 11.8 Å². The summed E-state index contributed by atoms with van der Waals surface area (Å²) in [7, 11) is 0. The minimum absolute atomic E-state index is 0.378. The third-order valence-corrected chi connectivity index (χ3v) is 4.05. The van der Waals surface area contributed by atoms with Crippen molar-refractivity contribution in [3.8, 4) is 0 Å². The molecule has 2 aliphatic rings. The van der Waals surface area contributed by atoms with Crippen molar-refractivity contribution in [2.45, 2.75) is 64.8 Å². The lowest BCUT2D eigenvalue weighted by atomic mass is 9.78. The van der Waals surface area contributed by atoms with E-state index >= 15 is 0 Å². The van der Waals surface area contributed by atoms with Crippen LogP contribution in [0.5, 0.6) is 0 Å². The van der Waals surface area contributed by atoms with E-state index in [0.29, 0.717) is 12.0 Å². The van der Waals surface area contributed by atoms with Crippen molar-refractivity contribution >= 4 is 0 Å². The zero-order valence-corrected chi connectivity index (χ0v) is 10.3. The number of hydrogen-bond acceptors (Lipinski definition) is 1. The van der Waals surface area contributed by atoms with E-state index in [2.05, 4.69) is 13.8 Å². The zero-order valence-electron chi connectivity index (χ0n) is 10.3. The number of nitrogens with two attached hydrogens (primary N) is 1. The van der Waals surface area contributed by atoms with Gasteiger partial charge in [0.1, 0.15) is 0 Å². The molecule has 0 heterocycles. The highest BCUT2D eigenvalue weighted by atomic mass is 14.7.